The molecule has 0 saturated carbocycles. The molecule has 2 unspecified atom stereocenters. The van der Waals surface area contributed by atoms with Crippen LogP contribution in [0.5, 0.6) is 0 Å². The van der Waals surface area contributed by atoms with Crippen molar-refractivity contribution in [2.45, 2.75) is 79.3 Å². The predicted molar refractivity (Wildman–Crippen MR) is 169 cm³/mol. The van der Waals surface area contributed by atoms with Crippen LogP contribution in [0.4, 0.5) is 20.2 Å². The van der Waals surface area contributed by atoms with Gasteiger partial charge in [-0.2, -0.15) is 12.6 Å². The van der Waals surface area contributed by atoms with Crippen LogP contribution in [0.3, 0.4) is 0 Å². The molecule has 2 aliphatic heterocycles. The summed E-state index contributed by atoms with van der Waals surface area (Å²) in [7, 11) is 3.24. The molecule has 4 rings (SSSR count). The topological polar surface area (TPSA) is 98.8 Å². The van der Waals surface area contributed by atoms with Crippen LogP contribution in [0, 0.1) is 25.5 Å². The summed E-state index contributed by atoms with van der Waals surface area (Å²) < 4.78 is 26.6. The van der Waals surface area contributed by atoms with Gasteiger partial charge in [-0.05, 0) is 74.4 Å². The average molecular weight is 609 g/mol. The molecule has 2 atom stereocenters. The molecule has 2 saturated heterocycles. The van der Waals surface area contributed by atoms with Gasteiger partial charge in [0.1, 0.15) is 23.7 Å². The van der Waals surface area contributed by atoms with Gasteiger partial charge in [0.25, 0.3) is 5.91 Å². The Balaban J connectivity index is 0.000000680. The average Bonchev–Trinajstić information content (AvgIpc) is 3.00. The van der Waals surface area contributed by atoms with E-state index in [-0.39, 0.29) is 41.3 Å². The summed E-state index contributed by atoms with van der Waals surface area (Å²) in [4.78, 5) is 48.8. The third-order valence-corrected chi connectivity index (χ3v) is 6.39. The lowest BCUT2D eigenvalue weighted by Gasteiger charge is -2.31. The van der Waals surface area contributed by atoms with E-state index in [1.54, 1.807) is 56.3 Å². The number of hydrogen-bond acceptors (Lipinski definition) is 7. The Hall–Kier alpha value is -3.47. The smallest absolute Gasteiger partial charge is 0.251 e. The highest BCUT2D eigenvalue weighted by atomic mass is 32.1. The van der Waals surface area contributed by atoms with E-state index >= 15 is 0 Å². The standard InChI is InChI=1S/2C13H15FN2O2.2C2H6.CH4S/c1-8-7-9(3-4-10(8)14)16(2)11-5-6-12(17)15-13(11)18;1-8-3-4-9(7-10(8)14)15-11-5-6-12(17)16(2)13(11)18;3*1-2/h3-4,7,11H,5-6H2,1-2H3,(H,15,17,18);3-4,7,11,15H,5-6H2,1-2H3;2*1-2H3;2H,1H3. The van der Waals surface area contributed by atoms with E-state index in [1.165, 1.54) is 19.2 Å². The molecular weight excluding hydrogens is 562 g/mol. The van der Waals surface area contributed by atoms with Gasteiger partial charge in [0.15, 0.2) is 0 Å². The van der Waals surface area contributed by atoms with Crippen molar-refractivity contribution in [2.75, 3.05) is 30.6 Å². The maximum Gasteiger partial charge on any atom is 0.251 e. The highest BCUT2D eigenvalue weighted by Crippen LogP contribution is 2.22. The van der Waals surface area contributed by atoms with Crippen molar-refractivity contribution in [1.29, 1.82) is 0 Å². The number of benzene rings is 2. The molecule has 2 aliphatic rings. The monoisotopic (exact) mass is 608 g/mol. The maximum absolute atomic E-state index is 13.4. The van der Waals surface area contributed by atoms with Crippen molar-refractivity contribution < 1.29 is 28.0 Å². The summed E-state index contributed by atoms with van der Waals surface area (Å²) in [6, 6.07) is 8.60. The lowest BCUT2D eigenvalue weighted by molar-refractivity contribution is -0.147. The molecular formula is C31H46F2N4O4S. The quantitative estimate of drug-likeness (QED) is 0.306. The Bertz CT molecular complexity index is 1200. The van der Waals surface area contributed by atoms with E-state index in [4.69, 9.17) is 0 Å². The molecule has 234 valence electrons. The summed E-state index contributed by atoms with van der Waals surface area (Å²) in [5.74, 6) is -1.56. The molecule has 42 heavy (non-hydrogen) atoms. The van der Waals surface area contributed by atoms with E-state index in [0.717, 1.165) is 10.6 Å². The Morgan fingerprint density at radius 2 is 1.50 bits per heavy atom. The fourth-order valence-corrected chi connectivity index (χ4v) is 4.01. The first-order chi connectivity index (χ1) is 20.0. The molecule has 2 aromatic carbocycles. The van der Waals surface area contributed by atoms with E-state index in [1.807, 2.05) is 27.7 Å². The van der Waals surface area contributed by atoms with Crippen molar-refractivity contribution in [1.82, 2.24) is 10.2 Å². The van der Waals surface area contributed by atoms with E-state index in [0.29, 0.717) is 42.5 Å². The number of hydrogen-bond donors (Lipinski definition) is 3. The van der Waals surface area contributed by atoms with Crippen LogP contribution in [-0.2, 0) is 19.2 Å². The number of likely N-dealkylation sites (N-methyl/N-ethyl adjacent to an activating group) is 2. The summed E-state index contributed by atoms with van der Waals surface area (Å²) >= 11 is 3.53. The van der Waals surface area contributed by atoms with E-state index in [2.05, 4.69) is 23.3 Å². The first-order valence-electron chi connectivity index (χ1n) is 14.1. The Kier molecular flexibility index (Phi) is 18.0. The number of rotatable bonds is 4. The van der Waals surface area contributed by atoms with E-state index in [9.17, 15) is 28.0 Å². The zero-order valence-corrected chi connectivity index (χ0v) is 27.1. The number of aryl methyl sites for hydroxylation is 2. The molecule has 8 nitrogen and oxygen atoms in total. The molecule has 0 spiro atoms. The minimum Gasteiger partial charge on any atom is -0.374 e. The van der Waals surface area contributed by atoms with Gasteiger partial charge in [-0.15, -0.1) is 0 Å². The van der Waals surface area contributed by atoms with Crippen LogP contribution < -0.4 is 15.5 Å². The van der Waals surface area contributed by atoms with Crippen molar-refractivity contribution >= 4 is 47.6 Å². The molecule has 0 aliphatic carbocycles. The number of likely N-dealkylation sites (tertiary alicyclic amines) is 1. The Morgan fingerprint density at radius 3 is 2.05 bits per heavy atom. The number of thiol groups is 1. The first-order valence-corrected chi connectivity index (χ1v) is 15.0. The first kappa shape index (κ1) is 38.5. The van der Waals surface area contributed by atoms with Gasteiger partial charge in [0.2, 0.25) is 17.7 Å². The van der Waals surface area contributed by atoms with Gasteiger partial charge in [-0.3, -0.25) is 29.4 Å². The summed E-state index contributed by atoms with van der Waals surface area (Å²) in [5.41, 5.74) is 2.41. The highest BCUT2D eigenvalue weighted by molar-refractivity contribution is 7.79. The van der Waals surface area contributed by atoms with Crippen LogP contribution in [0.1, 0.15) is 64.5 Å². The van der Waals surface area contributed by atoms with Crippen molar-refractivity contribution in [3.8, 4) is 0 Å². The van der Waals surface area contributed by atoms with Gasteiger partial charge in [0, 0.05) is 38.3 Å². The number of imide groups is 2. The molecule has 2 N–H and O–H groups in total. The molecule has 11 heteroatoms. The number of carbonyl (C=O) groups is 4. The molecule has 2 fully saturated rings. The maximum atomic E-state index is 13.4. The largest absolute Gasteiger partial charge is 0.374 e. The third-order valence-electron chi connectivity index (χ3n) is 6.39. The van der Waals surface area contributed by atoms with Gasteiger partial charge in [0.05, 0.1) is 0 Å². The van der Waals surface area contributed by atoms with Gasteiger partial charge in [-0.1, -0.05) is 33.8 Å². The summed E-state index contributed by atoms with van der Waals surface area (Å²) in [6.45, 7) is 11.4. The molecule has 4 amide bonds. The molecule has 2 aromatic rings. The number of anilines is 2. The number of carbonyl (C=O) groups excluding carboxylic acids is 4. The van der Waals surface area contributed by atoms with Crippen molar-refractivity contribution in [2.24, 2.45) is 0 Å². The van der Waals surface area contributed by atoms with E-state index < -0.39 is 6.04 Å². The molecule has 2 heterocycles. The number of halogens is 2. The second-order valence-electron chi connectivity index (χ2n) is 9.00. The number of nitrogens with one attached hydrogen (secondary N) is 2. The Morgan fingerprint density at radius 1 is 0.881 bits per heavy atom. The van der Waals surface area contributed by atoms with Crippen molar-refractivity contribution in [3.63, 3.8) is 0 Å². The minimum atomic E-state index is -0.463. The lowest BCUT2D eigenvalue weighted by atomic mass is 10.0. The highest BCUT2D eigenvalue weighted by Gasteiger charge is 2.32. The van der Waals surface area contributed by atoms with Gasteiger partial charge in [-0.25, -0.2) is 8.78 Å². The van der Waals surface area contributed by atoms with Crippen LogP contribution in [0.2, 0.25) is 0 Å². The van der Waals surface area contributed by atoms with Gasteiger partial charge >= 0.3 is 0 Å². The normalized spacial score (nSPS) is 17.5. The SMILES string of the molecule is CC.CC.CS.Cc1cc(N(C)C2CCC(=O)NC2=O)ccc1F.Cc1ccc(NC2CCC(=O)N(C)C2=O)cc1F. The van der Waals surface area contributed by atoms with Crippen LogP contribution in [0.15, 0.2) is 36.4 Å². The third kappa shape index (κ3) is 11.1. The fourth-order valence-electron chi connectivity index (χ4n) is 4.01. The van der Waals surface area contributed by atoms with Crippen LogP contribution in [0.25, 0.3) is 0 Å². The van der Waals surface area contributed by atoms with Crippen LogP contribution >= 0.6 is 12.6 Å². The summed E-state index contributed by atoms with van der Waals surface area (Å²) in [5, 5.41) is 5.28. The summed E-state index contributed by atoms with van der Waals surface area (Å²) in [6.07, 6.45) is 3.28. The number of nitrogens with zero attached hydrogens (tertiary/aromatic N) is 2. The number of amides is 4. The Labute approximate surface area is 254 Å². The fraction of sp³-hybridized carbons (Fsp3) is 0.484. The minimum absolute atomic E-state index is 0.173. The molecule has 0 radical (unpaired) electrons. The predicted octanol–water partition coefficient (Wildman–Crippen LogP) is 5.67. The zero-order chi connectivity index (χ0) is 32.6. The number of piperidine rings is 2. The lowest BCUT2D eigenvalue weighted by Crippen LogP contribution is -2.51. The van der Waals surface area contributed by atoms with Crippen LogP contribution in [-0.4, -0.2) is 61.0 Å². The molecule has 0 aromatic heterocycles. The second kappa shape index (κ2) is 19.6. The molecule has 0 bridgehead atoms. The van der Waals surface area contributed by atoms with Crippen molar-refractivity contribution in [3.05, 3.63) is 59.2 Å². The second-order valence-corrected chi connectivity index (χ2v) is 9.00. The zero-order valence-electron chi connectivity index (χ0n) is 26.2. The van der Waals surface area contributed by atoms with Gasteiger partial charge < -0.3 is 10.2 Å².